The fourth-order valence-electron chi connectivity index (χ4n) is 3.18. The number of carbonyl (C=O) groups excluding carboxylic acids is 2. The van der Waals surface area contributed by atoms with E-state index in [9.17, 15) is 9.59 Å². The molecule has 0 saturated carbocycles. The van der Waals surface area contributed by atoms with Crippen molar-refractivity contribution < 1.29 is 19.1 Å². The maximum absolute atomic E-state index is 12.7. The Labute approximate surface area is 189 Å². The lowest BCUT2D eigenvalue weighted by Gasteiger charge is -2.25. The van der Waals surface area contributed by atoms with Gasteiger partial charge in [-0.15, -0.1) is 0 Å². The highest BCUT2D eigenvalue weighted by Gasteiger charge is 2.27. The Morgan fingerprint density at radius 2 is 1.45 bits per heavy atom. The average Bonchev–Trinajstić information content (AvgIpc) is 2.63. The van der Waals surface area contributed by atoms with Crippen LogP contribution in [-0.4, -0.2) is 29.1 Å². The summed E-state index contributed by atoms with van der Waals surface area (Å²) in [5.74, 6) is 0.273. The van der Waals surface area contributed by atoms with E-state index in [1.165, 1.54) is 19.3 Å². The lowest BCUT2D eigenvalue weighted by Crippen LogP contribution is -2.45. The van der Waals surface area contributed by atoms with E-state index in [1.54, 1.807) is 0 Å². The number of rotatable bonds is 12. The van der Waals surface area contributed by atoms with Crippen LogP contribution in [0.25, 0.3) is 0 Å². The minimum absolute atomic E-state index is 0.0981. The topological polar surface area (TPSA) is 64.6 Å². The van der Waals surface area contributed by atoms with Gasteiger partial charge in [-0.05, 0) is 65.7 Å². The second-order valence-electron chi connectivity index (χ2n) is 10.2. The molecule has 0 aliphatic rings. The van der Waals surface area contributed by atoms with Crippen LogP contribution in [0, 0.1) is 0 Å². The summed E-state index contributed by atoms with van der Waals surface area (Å²) in [6.45, 7) is 13.7. The highest BCUT2D eigenvalue weighted by Crippen LogP contribution is 2.20. The molecule has 0 aliphatic heterocycles. The molecule has 176 valence electrons. The number of hydrogen-bond donors (Lipinski definition) is 1. The van der Waals surface area contributed by atoms with Crippen LogP contribution in [0.3, 0.4) is 0 Å². The number of ether oxygens (including phenoxy) is 2. The number of benzene rings is 1. The van der Waals surface area contributed by atoms with Gasteiger partial charge in [-0.3, -0.25) is 4.79 Å². The number of esters is 1. The van der Waals surface area contributed by atoms with E-state index in [1.807, 2.05) is 65.8 Å². The van der Waals surface area contributed by atoms with Gasteiger partial charge in [-0.1, -0.05) is 51.2 Å². The van der Waals surface area contributed by atoms with Crippen LogP contribution < -0.4 is 10.1 Å². The summed E-state index contributed by atoms with van der Waals surface area (Å²) < 4.78 is 11.4. The number of hydrogen-bond acceptors (Lipinski definition) is 4. The molecule has 1 aromatic rings. The number of nitrogens with one attached hydrogen (secondary N) is 1. The van der Waals surface area contributed by atoms with Crippen molar-refractivity contribution in [2.45, 2.75) is 117 Å². The van der Waals surface area contributed by atoms with Crippen LogP contribution in [0.1, 0.15) is 99.0 Å². The van der Waals surface area contributed by atoms with Crippen molar-refractivity contribution in [3.05, 3.63) is 29.8 Å². The fourth-order valence-corrected chi connectivity index (χ4v) is 3.18. The van der Waals surface area contributed by atoms with E-state index in [2.05, 4.69) is 12.2 Å². The van der Waals surface area contributed by atoms with Crippen LogP contribution in [0.4, 0.5) is 0 Å². The molecule has 0 heterocycles. The minimum Gasteiger partial charge on any atom is -0.488 e. The van der Waals surface area contributed by atoms with Crippen LogP contribution >= 0.6 is 0 Å². The second kappa shape index (κ2) is 12.7. The van der Waals surface area contributed by atoms with Gasteiger partial charge in [0.05, 0.1) is 0 Å². The van der Waals surface area contributed by atoms with E-state index >= 15 is 0 Å². The predicted molar refractivity (Wildman–Crippen MR) is 126 cm³/mol. The van der Waals surface area contributed by atoms with E-state index in [4.69, 9.17) is 9.47 Å². The average molecular weight is 434 g/mol. The van der Waals surface area contributed by atoms with E-state index < -0.39 is 17.6 Å². The van der Waals surface area contributed by atoms with Crippen molar-refractivity contribution in [3.63, 3.8) is 0 Å². The fraction of sp³-hybridized carbons (Fsp3) is 0.692. The molecule has 31 heavy (non-hydrogen) atoms. The highest BCUT2D eigenvalue weighted by molar-refractivity contribution is 5.84. The van der Waals surface area contributed by atoms with Gasteiger partial charge >= 0.3 is 5.97 Å². The smallest absolute Gasteiger partial charge is 0.329 e. The molecule has 0 radical (unpaired) electrons. The van der Waals surface area contributed by atoms with Gasteiger partial charge in [0.15, 0.2) is 0 Å². The zero-order valence-electron chi connectivity index (χ0n) is 20.7. The molecule has 5 nitrogen and oxygen atoms in total. The third-order valence-corrected chi connectivity index (χ3v) is 4.57. The van der Waals surface area contributed by atoms with Gasteiger partial charge in [0.25, 0.3) is 0 Å². The molecule has 0 unspecified atom stereocenters. The van der Waals surface area contributed by atoms with Crippen molar-refractivity contribution in [1.82, 2.24) is 5.32 Å². The summed E-state index contributed by atoms with van der Waals surface area (Å²) in [5.41, 5.74) is 0.0615. The van der Waals surface area contributed by atoms with Gasteiger partial charge in [0.1, 0.15) is 23.0 Å². The van der Waals surface area contributed by atoms with Crippen molar-refractivity contribution in [2.24, 2.45) is 0 Å². The lowest BCUT2D eigenvalue weighted by atomic mass is 10.0. The van der Waals surface area contributed by atoms with Crippen LogP contribution in [0.5, 0.6) is 5.75 Å². The maximum Gasteiger partial charge on any atom is 0.329 e. The standard InChI is InChI=1S/C26H43NO4/c1-8-9-10-11-12-13-14-23(28)27-22(24(29)31-26(5,6)7)19-20-15-17-21(18-16-20)30-25(2,3)4/h15-18,22H,8-14,19H2,1-7H3,(H,27,28)/t22-/m0/s1. The Bertz CT molecular complexity index is 668. The number of carbonyl (C=O) groups is 2. The van der Waals surface area contributed by atoms with Crippen molar-refractivity contribution in [1.29, 1.82) is 0 Å². The van der Waals surface area contributed by atoms with E-state index in [-0.39, 0.29) is 11.5 Å². The zero-order valence-corrected chi connectivity index (χ0v) is 20.7. The molecular formula is C26H43NO4. The van der Waals surface area contributed by atoms with E-state index in [0.717, 1.165) is 30.6 Å². The molecule has 0 fully saturated rings. The van der Waals surface area contributed by atoms with Crippen molar-refractivity contribution >= 4 is 11.9 Å². The summed E-state index contributed by atoms with van der Waals surface area (Å²) in [4.78, 5) is 25.2. The Balaban J connectivity index is 2.71. The molecular weight excluding hydrogens is 390 g/mol. The summed E-state index contributed by atoms with van der Waals surface area (Å²) in [6.07, 6.45) is 7.52. The molecule has 1 N–H and O–H groups in total. The van der Waals surface area contributed by atoms with Crippen molar-refractivity contribution in [2.75, 3.05) is 0 Å². The van der Waals surface area contributed by atoms with Crippen LogP contribution in [-0.2, 0) is 20.7 Å². The molecule has 0 aliphatic carbocycles. The molecule has 5 heteroatoms. The summed E-state index contributed by atoms with van der Waals surface area (Å²) in [6, 6.07) is 6.94. The first-order chi connectivity index (χ1) is 14.4. The predicted octanol–water partition coefficient (Wildman–Crippen LogP) is 5.98. The third kappa shape index (κ3) is 13.1. The summed E-state index contributed by atoms with van der Waals surface area (Å²) >= 11 is 0. The first kappa shape index (κ1) is 27.0. The minimum atomic E-state index is -0.707. The molecule has 0 bridgehead atoms. The quantitative estimate of drug-likeness (QED) is 0.325. The number of unbranched alkanes of at least 4 members (excludes halogenated alkanes) is 5. The summed E-state index contributed by atoms with van der Waals surface area (Å²) in [5, 5.41) is 2.90. The summed E-state index contributed by atoms with van der Waals surface area (Å²) in [7, 11) is 0. The Kier molecular flexibility index (Phi) is 11.1. The second-order valence-corrected chi connectivity index (χ2v) is 10.2. The van der Waals surface area contributed by atoms with Gasteiger partial charge < -0.3 is 14.8 Å². The van der Waals surface area contributed by atoms with Crippen LogP contribution in [0.15, 0.2) is 24.3 Å². The molecule has 1 rings (SSSR count). The molecule has 0 aromatic heterocycles. The number of amides is 1. The molecule has 1 aromatic carbocycles. The lowest BCUT2D eigenvalue weighted by molar-refractivity contribution is -0.158. The Morgan fingerprint density at radius 3 is 2.00 bits per heavy atom. The molecule has 0 spiro atoms. The SMILES string of the molecule is CCCCCCCCC(=O)N[C@@H](Cc1ccc(OC(C)(C)C)cc1)C(=O)OC(C)(C)C. The van der Waals surface area contributed by atoms with Gasteiger partial charge in [0, 0.05) is 12.8 Å². The highest BCUT2D eigenvalue weighted by atomic mass is 16.6. The Hall–Kier alpha value is -2.04. The van der Waals surface area contributed by atoms with Gasteiger partial charge in [-0.2, -0.15) is 0 Å². The zero-order chi connectivity index (χ0) is 23.5. The molecule has 0 saturated heterocycles. The third-order valence-electron chi connectivity index (χ3n) is 4.57. The van der Waals surface area contributed by atoms with Crippen molar-refractivity contribution in [3.8, 4) is 5.75 Å². The largest absolute Gasteiger partial charge is 0.488 e. The molecule has 1 amide bonds. The molecule has 1 atom stereocenters. The normalized spacial score (nSPS) is 12.9. The van der Waals surface area contributed by atoms with Crippen LogP contribution in [0.2, 0.25) is 0 Å². The monoisotopic (exact) mass is 433 g/mol. The van der Waals surface area contributed by atoms with E-state index in [0.29, 0.717) is 12.8 Å². The first-order valence-corrected chi connectivity index (χ1v) is 11.7. The van der Waals surface area contributed by atoms with Gasteiger partial charge in [0.2, 0.25) is 5.91 Å². The van der Waals surface area contributed by atoms with Gasteiger partial charge in [-0.25, -0.2) is 4.79 Å². The maximum atomic E-state index is 12.7. The Morgan fingerprint density at radius 1 is 0.871 bits per heavy atom. The first-order valence-electron chi connectivity index (χ1n) is 11.7.